The van der Waals surface area contributed by atoms with Crippen LogP contribution in [0, 0.1) is 0 Å². The Labute approximate surface area is 127 Å². The summed E-state index contributed by atoms with van der Waals surface area (Å²) in [6.45, 7) is 7.66. The fourth-order valence-corrected chi connectivity index (χ4v) is 2.76. The van der Waals surface area contributed by atoms with E-state index in [2.05, 4.69) is 0 Å². The van der Waals surface area contributed by atoms with Crippen LogP contribution < -0.4 is 5.46 Å². The number of alkyl halides is 3. The molecule has 0 aromatic heterocycles. The predicted octanol–water partition coefficient (Wildman–Crippen LogP) is 3.64. The highest BCUT2D eigenvalue weighted by Crippen LogP contribution is 2.37. The Hall–Kier alpha value is -0.655. The van der Waals surface area contributed by atoms with Crippen molar-refractivity contribution in [2.75, 3.05) is 5.75 Å². The third-order valence-electron chi connectivity index (χ3n) is 3.82. The first-order valence-corrected chi connectivity index (χ1v) is 7.64. The summed E-state index contributed by atoms with van der Waals surface area (Å²) in [7, 11) is -0.646. The molecular weight excluding hydrogens is 300 g/mol. The van der Waals surface area contributed by atoms with Gasteiger partial charge in [-0.3, -0.25) is 0 Å². The van der Waals surface area contributed by atoms with E-state index in [1.54, 1.807) is 24.3 Å². The molecule has 0 N–H and O–H groups in total. The van der Waals surface area contributed by atoms with Gasteiger partial charge in [0.15, 0.2) is 0 Å². The summed E-state index contributed by atoms with van der Waals surface area (Å²) >= 11 is 0.756. The predicted molar refractivity (Wildman–Crippen MR) is 78.9 cm³/mol. The van der Waals surface area contributed by atoms with E-state index in [4.69, 9.17) is 9.31 Å². The van der Waals surface area contributed by atoms with E-state index < -0.39 is 30.2 Å². The lowest BCUT2D eigenvalue weighted by Gasteiger charge is -2.32. The van der Waals surface area contributed by atoms with E-state index in [1.165, 1.54) is 0 Å². The summed E-state index contributed by atoms with van der Waals surface area (Å²) in [4.78, 5) is 0.535. The van der Waals surface area contributed by atoms with Crippen LogP contribution in [0.2, 0.25) is 0 Å². The van der Waals surface area contributed by atoms with Crippen molar-refractivity contribution in [3.05, 3.63) is 24.3 Å². The van der Waals surface area contributed by atoms with Crippen molar-refractivity contribution in [2.24, 2.45) is 0 Å². The number of rotatable bonds is 3. The Kier molecular flexibility index (Phi) is 4.39. The Balaban J connectivity index is 2.22. The van der Waals surface area contributed by atoms with E-state index in [0.29, 0.717) is 10.4 Å². The highest BCUT2D eigenvalue weighted by molar-refractivity contribution is 7.99. The molecule has 1 aromatic rings. The number of hydrogen-bond acceptors (Lipinski definition) is 3. The lowest BCUT2D eigenvalue weighted by molar-refractivity contribution is -0.105. The molecule has 0 bridgehead atoms. The van der Waals surface area contributed by atoms with Gasteiger partial charge in [-0.2, -0.15) is 13.2 Å². The number of thioether (sulfide) groups is 1. The normalized spacial score (nSPS) is 20.8. The minimum atomic E-state index is -4.20. The van der Waals surface area contributed by atoms with Crippen molar-refractivity contribution < 1.29 is 22.5 Å². The highest BCUT2D eigenvalue weighted by atomic mass is 32.2. The lowest BCUT2D eigenvalue weighted by Crippen LogP contribution is -2.41. The SMILES string of the molecule is CC1(C)OB(c2ccccc2SCC(F)(F)F)OC1(C)C. The number of hydrogen-bond donors (Lipinski definition) is 0. The Morgan fingerprint density at radius 1 is 1.05 bits per heavy atom. The zero-order chi connectivity index (χ0) is 15.9. The van der Waals surface area contributed by atoms with Crippen molar-refractivity contribution >= 4 is 24.3 Å². The quantitative estimate of drug-likeness (QED) is 0.626. The van der Waals surface area contributed by atoms with E-state index in [1.807, 2.05) is 27.7 Å². The fraction of sp³-hybridized carbons (Fsp3) is 0.571. The van der Waals surface area contributed by atoms with E-state index in [-0.39, 0.29) is 0 Å². The molecule has 0 radical (unpaired) electrons. The first kappa shape index (κ1) is 16.7. The molecule has 1 fully saturated rings. The van der Waals surface area contributed by atoms with Crippen LogP contribution >= 0.6 is 11.8 Å². The molecule has 1 aromatic carbocycles. The molecule has 0 amide bonds. The maximum Gasteiger partial charge on any atom is 0.495 e. The summed E-state index contributed by atoms with van der Waals surface area (Å²) in [5.41, 5.74) is -0.385. The Morgan fingerprint density at radius 3 is 2.10 bits per heavy atom. The van der Waals surface area contributed by atoms with Gasteiger partial charge in [0.25, 0.3) is 0 Å². The van der Waals surface area contributed by atoms with Crippen LogP contribution in [0.4, 0.5) is 13.2 Å². The fourth-order valence-electron chi connectivity index (χ4n) is 1.94. The molecule has 1 saturated heterocycles. The molecule has 0 unspecified atom stereocenters. The van der Waals surface area contributed by atoms with E-state index >= 15 is 0 Å². The molecule has 1 aliphatic rings. The van der Waals surface area contributed by atoms with Gasteiger partial charge in [0.05, 0.1) is 17.0 Å². The minimum absolute atomic E-state index is 0.514. The molecule has 2 nitrogen and oxygen atoms in total. The first-order chi connectivity index (χ1) is 9.52. The van der Waals surface area contributed by atoms with Gasteiger partial charge in [-0.25, -0.2) is 0 Å². The number of benzene rings is 1. The van der Waals surface area contributed by atoms with Crippen LogP contribution in [0.3, 0.4) is 0 Å². The van der Waals surface area contributed by atoms with Gasteiger partial charge in [-0.05, 0) is 39.2 Å². The van der Waals surface area contributed by atoms with Gasteiger partial charge < -0.3 is 9.31 Å². The zero-order valence-corrected chi connectivity index (χ0v) is 13.3. The van der Waals surface area contributed by atoms with Crippen molar-refractivity contribution in [3.8, 4) is 0 Å². The molecular formula is C14H18BF3O2S. The van der Waals surface area contributed by atoms with Gasteiger partial charge in [-0.15, -0.1) is 11.8 Å². The second kappa shape index (κ2) is 5.52. The highest BCUT2D eigenvalue weighted by Gasteiger charge is 2.52. The maximum atomic E-state index is 12.4. The van der Waals surface area contributed by atoms with Crippen molar-refractivity contribution in [2.45, 2.75) is 50.0 Å². The molecule has 21 heavy (non-hydrogen) atoms. The minimum Gasteiger partial charge on any atom is -0.399 e. The third-order valence-corrected chi connectivity index (χ3v) is 4.97. The van der Waals surface area contributed by atoms with E-state index in [9.17, 15) is 13.2 Å². The van der Waals surface area contributed by atoms with Gasteiger partial charge in [-0.1, -0.05) is 18.2 Å². The standard InChI is InChI=1S/C14H18BF3O2S/c1-12(2)13(3,4)20-15(19-12)10-7-5-6-8-11(10)21-9-14(16,17)18/h5-8H,9H2,1-4H3. The smallest absolute Gasteiger partial charge is 0.399 e. The average Bonchev–Trinajstić information content (AvgIpc) is 2.55. The molecule has 1 heterocycles. The topological polar surface area (TPSA) is 18.5 Å². The second-order valence-electron chi connectivity index (χ2n) is 6.03. The summed E-state index contributed by atoms with van der Waals surface area (Å²) in [6.07, 6.45) is -4.20. The summed E-state index contributed by atoms with van der Waals surface area (Å²) in [6, 6.07) is 6.91. The molecule has 0 aliphatic carbocycles. The van der Waals surface area contributed by atoms with E-state index in [0.717, 1.165) is 11.8 Å². The molecule has 7 heteroatoms. The van der Waals surface area contributed by atoms with Crippen molar-refractivity contribution in [3.63, 3.8) is 0 Å². The third kappa shape index (κ3) is 3.76. The van der Waals surface area contributed by atoms with Crippen LogP contribution in [0.25, 0.3) is 0 Å². The van der Waals surface area contributed by atoms with Crippen LogP contribution in [0.15, 0.2) is 29.2 Å². The maximum absolute atomic E-state index is 12.4. The van der Waals surface area contributed by atoms with Crippen molar-refractivity contribution in [1.82, 2.24) is 0 Å². The van der Waals surface area contributed by atoms with Crippen LogP contribution in [-0.4, -0.2) is 30.2 Å². The van der Waals surface area contributed by atoms with Gasteiger partial charge in [0.1, 0.15) is 0 Å². The molecule has 1 aliphatic heterocycles. The lowest BCUT2D eigenvalue weighted by atomic mass is 9.79. The van der Waals surface area contributed by atoms with Crippen LogP contribution in [-0.2, 0) is 9.31 Å². The number of halogens is 3. The summed E-state index contributed by atoms with van der Waals surface area (Å²) < 4.78 is 49.1. The second-order valence-corrected chi connectivity index (χ2v) is 7.05. The zero-order valence-electron chi connectivity index (χ0n) is 12.5. The van der Waals surface area contributed by atoms with Crippen LogP contribution in [0.5, 0.6) is 0 Å². The summed E-state index contributed by atoms with van der Waals surface area (Å²) in [5, 5.41) is 0. The van der Waals surface area contributed by atoms with Gasteiger partial charge >= 0.3 is 13.3 Å². The molecule has 0 spiro atoms. The first-order valence-electron chi connectivity index (χ1n) is 6.66. The largest absolute Gasteiger partial charge is 0.495 e. The van der Waals surface area contributed by atoms with Crippen LogP contribution in [0.1, 0.15) is 27.7 Å². The molecule has 0 atom stereocenters. The van der Waals surface area contributed by atoms with Crippen molar-refractivity contribution in [1.29, 1.82) is 0 Å². The Morgan fingerprint density at radius 2 is 1.57 bits per heavy atom. The summed E-state index contributed by atoms with van der Waals surface area (Å²) in [5.74, 6) is -0.927. The molecule has 0 saturated carbocycles. The van der Waals surface area contributed by atoms with Gasteiger partial charge in [0, 0.05) is 4.90 Å². The Bertz CT molecular complexity index is 501. The van der Waals surface area contributed by atoms with Gasteiger partial charge in [0.2, 0.25) is 0 Å². The molecule has 2 rings (SSSR count). The average molecular weight is 318 g/mol. The monoisotopic (exact) mass is 318 g/mol. The molecule has 116 valence electrons.